The number of anilines is 3. The van der Waals surface area contributed by atoms with Gasteiger partial charge in [-0.25, -0.2) is 4.98 Å². The number of ether oxygens (including phenoxy) is 1. The predicted octanol–water partition coefficient (Wildman–Crippen LogP) is 3.68. The summed E-state index contributed by atoms with van der Waals surface area (Å²) in [6.45, 7) is 4.52. The number of para-hydroxylation sites is 3. The van der Waals surface area contributed by atoms with Crippen LogP contribution in [0.2, 0.25) is 0 Å². The van der Waals surface area contributed by atoms with E-state index in [1.807, 2.05) is 65.6 Å². The lowest BCUT2D eigenvalue weighted by Crippen LogP contribution is -2.48. The third kappa shape index (κ3) is 4.63. The number of aromatic nitrogens is 2. The van der Waals surface area contributed by atoms with E-state index < -0.39 is 0 Å². The molecule has 0 saturated carbocycles. The van der Waals surface area contributed by atoms with Crippen LogP contribution in [0, 0.1) is 0 Å². The first-order chi connectivity index (χ1) is 14.2. The molecule has 29 heavy (non-hydrogen) atoms. The molecule has 148 valence electrons. The Kier molecular flexibility index (Phi) is 5.56. The molecule has 2 heterocycles. The lowest BCUT2D eigenvalue weighted by Gasteiger charge is -2.34. The quantitative estimate of drug-likeness (QED) is 0.718. The van der Waals surface area contributed by atoms with Gasteiger partial charge in [0.1, 0.15) is 11.6 Å². The number of hydrogen-bond acceptors (Lipinski definition) is 6. The van der Waals surface area contributed by atoms with Crippen molar-refractivity contribution < 1.29 is 9.53 Å². The molecule has 0 radical (unpaired) electrons. The number of piperazine rings is 1. The standard InChI is InChI=1S/C22H23N5O2/c1-17(28)26-13-15-27(16-14-26)21-11-12-23-22(25-21)24-19-9-5-6-10-20(19)29-18-7-3-2-4-8-18/h2-12H,13-16H2,1H3,(H,23,24,25). The maximum absolute atomic E-state index is 11.5. The number of carbonyl (C=O) groups is 1. The molecule has 3 aromatic rings. The summed E-state index contributed by atoms with van der Waals surface area (Å²) in [6.07, 6.45) is 1.74. The van der Waals surface area contributed by atoms with Crippen molar-refractivity contribution in [3.63, 3.8) is 0 Å². The maximum Gasteiger partial charge on any atom is 0.229 e. The van der Waals surface area contributed by atoms with Crippen molar-refractivity contribution in [2.45, 2.75) is 6.92 Å². The molecule has 1 aromatic heterocycles. The molecule has 1 N–H and O–H groups in total. The second kappa shape index (κ2) is 8.60. The maximum atomic E-state index is 11.5. The highest BCUT2D eigenvalue weighted by Gasteiger charge is 2.20. The van der Waals surface area contributed by atoms with E-state index in [0.29, 0.717) is 24.8 Å². The van der Waals surface area contributed by atoms with E-state index in [2.05, 4.69) is 20.2 Å². The molecular formula is C22H23N5O2. The highest BCUT2D eigenvalue weighted by molar-refractivity contribution is 5.73. The first kappa shape index (κ1) is 18.7. The molecule has 7 heteroatoms. The molecule has 1 aliphatic rings. The van der Waals surface area contributed by atoms with Crippen molar-refractivity contribution in [3.05, 3.63) is 66.9 Å². The van der Waals surface area contributed by atoms with Gasteiger partial charge in [0.25, 0.3) is 0 Å². The Morgan fingerprint density at radius 1 is 0.966 bits per heavy atom. The van der Waals surface area contributed by atoms with E-state index in [0.717, 1.165) is 30.3 Å². The molecule has 0 bridgehead atoms. The Morgan fingerprint density at radius 3 is 2.45 bits per heavy atom. The summed E-state index contributed by atoms with van der Waals surface area (Å²) in [7, 11) is 0. The minimum Gasteiger partial charge on any atom is -0.455 e. The van der Waals surface area contributed by atoms with Gasteiger partial charge in [-0.3, -0.25) is 4.79 Å². The fourth-order valence-corrected chi connectivity index (χ4v) is 3.23. The second-order valence-electron chi connectivity index (χ2n) is 6.77. The van der Waals surface area contributed by atoms with Gasteiger partial charge in [-0.15, -0.1) is 0 Å². The van der Waals surface area contributed by atoms with Crippen LogP contribution >= 0.6 is 0 Å². The molecule has 7 nitrogen and oxygen atoms in total. The summed E-state index contributed by atoms with van der Waals surface area (Å²) in [6, 6.07) is 19.2. The number of nitrogens with zero attached hydrogens (tertiary/aromatic N) is 4. The van der Waals surface area contributed by atoms with E-state index in [1.54, 1.807) is 13.1 Å². The average Bonchev–Trinajstić information content (AvgIpc) is 2.76. The fourth-order valence-electron chi connectivity index (χ4n) is 3.23. The van der Waals surface area contributed by atoms with Crippen LogP contribution in [0.25, 0.3) is 0 Å². The van der Waals surface area contributed by atoms with E-state index in [-0.39, 0.29) is 5.91 Å². The highest BCUT2D eigenvalue weighted by atomic mass is 16.5. The number of nitrogens with one attached hydrogen (secondary N) is 1. The Hall–Kier alpha value is -3.61. The molecule has 2 aromatic carbocycles. The molecule has 1 amide bonds. The number of carbonyl (C=O) groups excluding carboxylic acids is 1. The van der Waals surface area contributed by atoms with Crippen molar-refractivity contribution in [1.29, 1.82) is 0 Å². The second-order valence-corrected chi connectivity index (χ2v) is 6.77. The summed E-state index contributed by atoms with van der Waals surface area (Å²) in [5.74, 6) is 2.92. The van der Waals surface area contributed by atoms with Gasteiger partial charge in [-0.1, -0.05) is 30.3 Å². The van der Waals surface area contributed by atoms with Crippen LogP contribution in [0.1, 0.15) is 6.92 Å². The van der Waals surface area contributed by atoms with Crippen molar-refractivity contribution >= 4 is 23.4 Å². The van der Waals surface area contributed by atoms with Crippen LogP contribution in [0.3, 0.4) is 0 Å². The van der Waals surface area contributed by atoms with Gasteiger partial charge in [0.15, 0.2) is 5.75 Å². The van der Waals surface area contributed by atoms with E-state index in [1.165, 1.54) is 0 Å². The zero-order valence-corrected chi connectivity index (χ0v) is 16.3. The lowest BCUT2D eigenvalue weighted by molar-refractivity contribution is -0.129. The minimum atomic E-state index is 0.115. The molecule has 4 rings (SSSR count). The van der Waals surface area contributed by atoms with Crippen LogP contribution in [-0.4, -0.2) is 47.0 Å². The number of amides is 1. The molecule has 0 aliphatic carbocycles. The summed E-state index contributed by atoms with van der Waals surface area (Å²) in [5.41, 5.74) is 0.787. The third-order valence-electron chi connectivity index (χ3n) is 4.79. The first-order valence-corrected chi connectivity index (χ1v) is 9.61. The normalized spacial score (nSPS) is 13.8. The molecule has 0 atom stereocenters. The lowest BCUT2D eigenvalue weighted by atomic mass is 10.3. The fraction of sp³-hybridized carbons (Fsp3) is 0.227. The van der Waals surface area contributed by atoms with E-state index >= 15 is 0 Å². The van der Waals surface area contributed by atoms with E-state index in [4.69, 9.17) is 4.74 Å². The summed E-state index contributed by atoms with van der Waals surface area (Å²) < 4.78 is 6.00. The van der Waals surface area contributed by atoms with E-state index in [9.17, 15) is 4.79 Å². The van der Waals surface area contributed by atoms with Gasteiger partial charge >= 0.3 is 0 Å². The largest absolute Gasteiger partial charge is 0.455 e. The predicted molar refractivity (Wildman–Crippen MR) is 113 cm³/mol. The van der Waals surface area contributed by atoms with Gasteiger partial charge in [0.05, 0.1) is 5.69 Å². The monoisotopic (exact) mass is 389 g/mol. The zero-order valence-electron chi connectivity index (χ0n) is 16.3. The van der Waals surface area contributed by atoms with Crippen molar-refractivity contribution in [2.24, 2.45) is 0 Å². The zero-order chi connectivity index (χ0) is 20.1. The third-order valence-corrected chi connectivity index (χ3v) is 4.79. The van der Waals surface area contributed by atoms with Gasteiger partial charge in [0.2, 0.25) is 11.9 Å². The molecule has 0 spiro atoms. The van der Waals surface area contributed by atoms with Gasteiger partial charge in [0, 0.05) is 39.3 Å². The highest BCUT2D eigenvalue weighted by Crippen LogP contribution is 2.31. The smallest absolute Gasteiger partial charge is 0.229 e. The summed E-state index contributed by atoms with van der Waals surface area (Å²) >= 11 is 0. The topological polar surface area (TPSA) is 70.6 Å². The van der Waals surface area contributed by atoms with Crippen LogP contribution in [-0.2, 0) is 4.79 Å². The van der Waals surface area contributed by atoms with Crippen molar-refractivity contribution in [3.8, 4) is 11.5 Å². The molecule has 0 unspecified atom stereocenters. The minimum absolute atomic E-state index is 0.115. The molecule has 1 saturated heterocycles. The molecule has 1 aliphatic heterocycles. The number of benzene rings is 2. The number of rotatable bonds is 5. The van der Waals surface area contributed by atoms with Crippen LogP contribution in [0.5, 0.6) is 11.5 Å². The number of hydrogen-bond donors (Lipinski definition) is 1. The van der Waals surface area contributed by atoms with Crippen molar-refractivity contribution in [1.82, 2.24) is 14.9 Å². The molecular weight excluding hydrogens is 366 g/mol. The molecule has 1 fully saturated rings. The summed E-state index contributed by atoms with van der Waals surface area (Å²) in [4.78, 5) is 24.5. The first-order valence-electron chi connectivity index (χ1n) is 9.61. The summed E-state index contributed by atoms with van der Waals surface area (Å²) in [5, 5.41) is 3.26. The van der Waals surface area contributed by atoms with Gasteiger partial charge in [-0.2, -0.15) is 4.98 Å². The SMILES string of the molecule is CC(=O)N1CCN(c2ccnc(Nc3ccccc3Oc3ccccc3)n2)CC1. The van der Waals surface area contributed by atoms with Gasteiger partial charge < -0.3 is 19.9 Å². The Bertz CT molecular complexity index is 972. The van der Waals surface area contributed by atoms with Gasteiger partial charge in [-0.05, 0) is 30.3 Å². The van der Waals surface area contributed by atoms with Crippen LogP contribution < -0.4 is 15.0 Å². The Morgan fingerprint density at radius 2 is 1.69 bits per heavy atom. The van der Waals surface area contributed by atoms with Crippen LogP contribution in [0.15, 0.2) is 66.9 Å². The Labute approximate surface area is 170 Å². The van der Waals surface area contributed by atoms with Crippen LogP contribution in [0.4, 0.5) is 17.5 Å². The van der Waals surface area contributed by atoms with Crippen molar-refractivity contribution in [2.75, 3.05) is 36.4 Å². The average molecular weight is 389 g/mol. The Balaban J connectivity index is 1.48.